The van der Waals surface area contributed by atoms with E-state index in [4.69, 9.17) is 5.26 Å². The maximum atomic E-state index is 12.6. The summed E-state index contributed by atoms with van der Waals surface area (Å²) >= 11 is 0. The zero-order valence-corrected chi connectivity index (χ0v) is 8.65. The minimum absolute atomic E-state index is 0.143. The molecule has 0 aliphatic rings. The van der Waals surface area contributed by atoms with Crippen LogP contribution in [0.5, 0.6) is 0 Å². The van der Waals surface area contributed by atoms with Crippen LogP contribution in [0.4, 0.5) is 22.0 Å². The second-order valence-electron chi connectivity index (χ2n) is 3.29. The second-order valence-corrected chi connectivity index (χ2v) is 3.29. The van der Waals surface area contributed by atoms with Crippen LogP contribution < -0.4 is 0 Å². The van der Waals surface area contributed by atoms with Crippen molar-refractivity contribution in [3.05, 3.63) is 28.6 Å². The van der Waals surface area contributed by atoms with Gasteiger partial charge in [0.05, 0.1) is 12.5 Å². The summed E-state index contributed by atoms with van der Waals surface area (Å²) in [6, 6.07) is 1.92. The molecule has 0 amide bonds. The van der Waals surface area contributed by atoms with Crippen molar-refractivity contribution < 1.29 is 22.0 Å². The summed E-state index contributed by atoms with van der Waals surface area (Å²) in [4.78, 5) is 3.20. The Morgan fingerprint density at radius 1 is 1.41 bits per heavy atom. The molecule has 92 valence electrons. The van der Waals surface area contributed by atoms with Gasteiger partial charge in [0.1, 0.15) is 5.69 Å². The molecule has 0 fully saturated rings. The maximum absolute atomic E-state index is 12.6. The van der Waals surface area contributed by atoms with Gasteiger partial charge in [0.25, 0.3) is 6.43 Å². The van der Waals surface area contributed by atoms with E-state index in [0.717, 1.165) is 0 Å². The molecule has 17 heavy (non-hydrogen) atoms. The molecule has 0 aromatic carbocycles. The van der Waals surface area contributed by atoms with E-state index in [1.54, 1.807) is 6.07 Å². The van der Waals surface area contributed by atoms with Crippen molar-refractivity contribution in [2.45, 2.75) is 25.9 Å². The fraction of sp³-hybridized carbons (Fsp3) is 0.400. The van der Waals surface area contributed by atoms with Gasteiger partial charge in [-0.3, -0.25) is 0 Å². The van der Waals surface area contributed by atoms with Crippen LogP contribution in [-0.4, -0.2) is 4.98 Å². The van der Waals surface area contributed by atoms with E-state index >= 15 is 0 Å². The third-order valence-corrected chi connectivity index (χ3v) is 2.15. The molecule has 0 aliphatic heterocycles. The Bertz CT molecular complexity index is 459. The number of nitriles is 1. The molecule has 1 aromatic heterocycles. The molecule has 1 aromatic rings. The third-order valence-electron chi connectivity index (χ3n) is 2.15. The Kier molecular flexibility index (Phi) is 3.66. The lowest BCUT2D eigenvalue weighted by atomic mass is 10.0. The molecule has 0 atom stereocenters. The quantitative estimate of drug-likeness (QED) is 0.754. The van der Waals surface area contributed by atoms with Crippen molar-refractivity contribution in [2.75, 3.05) is 0 Å². The van der Waals surface area contributed by atoms with Crippen molar-refractivity contribution >= 4 is 0 Å². The fourth-order valence-electron chi connectivity index (χ4n) is 1.37. The van der Waals surface area contributed by atoms with Gasteiger partial charge in [-0.05, 0) is 18.6 Å². The van der Waals surface area contributed by atoms with Gasteiger partial charge in [0.2, 0.25) is 0 Å². The molecule has 1 heterocycles. The SMILES string of the molecule is Cc1nc(C(F)(F)F)cc(C(F)F)c1CC#N. The molecule has 0 N–H and O–H groups in total. The molecular formula is C10H7F5N2. The number of alkyl halides is 5. The highest BCUT2D eigenvalue weighted by Crippen LogP contribution is 2.33. The van der Waals surface area contributed by atoms with E-state index in [0.29, 0.717) is 6.07 Å². The van der Waals surface area contributed by atoms with Gasteiger partial charge in [-0.25, -0.2) is 13.8 Å². The smallest absolute Gasteiger partial charge is 0.248 e. The first kappa shape index (κ1) is 13.4. The first-order chi connectivity index (χ1) is 7.77. The second kappa shape index (κ2) is 4.65. The predicted molar refractivity (Wildman–Crippen MR) is 48.3 cm³/mol. The van der Waals surface area contributed by atoms with Gasteiger partial charge in [-0.15, -0.1) is 0 Å². The van der Waals surface area contributed by atoms with E-state index in [1.807, 2.05) is 0 Å². The van der Waals surface area contributed by atoms with Gasteiger partial charge < -0.3 is 0 Å². The van der Waals surface area contributed by atoms with Crippen molar-refractivity contribution in [1.29, 1.82) is 5.26 Å². The van der Waals surface area contributed by atoms with E-state index in [1.165, 1.54) is 6.92 Å². The average molecular weight is 250 g/mol. The topological polar surface area (TPSA) is 36.7 Å². The molecule has 1 rings (SSSR count). The standard InChI is InChI=1S/C10H7F5N2/c1-5-6(2-3-16)7(9(11)12)4-8(17-5)10(13,14)15/h4,9H,2H2,1H3. The van der Waals surface area contributed by atoms with Gasteiger partial charge in [0.15, 0.2) is 0 Å². The summed E-state index contributed by atoms with van der Waals surface area (Å²) in [5.74, 6) is 0. The van der Waals surface area contributed by atoms with Crippen LogP contribution >= 0.6 is 0 Å². The van der Waals surface area contributed by atoms with Crippen molar-refractivity contribution in [3.8, 4) is 6.07 Å². The Labute approximate surface area is 93.7 Å². The maximum Gasteiger partial charge on any atom is 0.433 e. The van der Waals surface area contributed by atoms with E-state index in [9.17, 15) is 22.0 Å². The number of hydrogen-bond acceptors (Lipinski definition) is 2. The summed E-state index contributed by atoms with van der Waals surface area (Å²) < 4.78 is 62.3. The largest absolute Gasteiger partial charge is 0.433 e. The van der Waals surface area contributed by atoms with Crippen LogP contribution in [0.2, 0.25) is 0 Å². The molecule has 0 spiro atoms. The minimum Gasteiger partial charge on any atom is -0.248 e. The Morgan fingerprint density at radius 3 is 2.41 bits per heavy atom. The molecule has 0 radical (unpaired) electrons. The van der Waals surface area contributed by atoms with Crippen LogP contribution in [0, 0.1) is 18.3 Å². The predicted octanol–water partition coefficient (Wildman–Crippen LogP) is 3.41. The molecule has 0 saturated carbocycles. The average Bonchev–Trinajstić information content (AvgIpc) is 2.18. The fourth-order valence-corrected chi connectivity index (χ4v) is 1.37. The van der Waals surface area contributed by atoms with Crippen LogP contribution in [0.3, 0.4) is 0 Å². The summed E-state index contributed by atoms with van der Waals surface area (Å²) in [5.41, 5.74) is -2.49. The Hall–Kier alpha value is -1.71. The third kappa shape index (κ3) is 2.90. The normalized spacial score (nSPS) is 11.6. The highest BCUT2D eigenvalue weighted by molar-refractivity contribution is 5.36. The van der Waals surface area contributed by atoms with Gasteiger partial charge in [-0.2, -0.15) is 18.4 Å². The van der Waals surface area contributed by atoms with Crippen molar-refractivity contribution in [2.24, 2.45) is 0 Å². The molecular weight excluding hydrogens is 243 g/mol. The lowest BCUT2D eigenvalue weighted by Gasteiger charge is -2.13. The van der Waals surface area contributed by atoms with Gasteiger partial charge in [0, 0.05) is 11.3 Å². The van der Waals surface area contributed by atoms with Gasteiger partial charge in [-0.1, -0.05) is 0 Å². The number of pyridine rings is 1. The van der Waals surface area contributed by atoms with Crippen LogP contribution in [0.25, 0.3) is 0 Å². The highest BCUT2D eigenvalue weighted by atomic mass is 19.4. The van der Waals surface area contributed by atoms with E-state index in [-0.39, 0.29) is 11.3 Å². The van der Waals surface area contributed by atoms with Crippen molar-refractivity contribution in [1.82, 2.24) is 4.98 Å². The summed E-state index contributed by atoms with van der Waals surface area (Å²) in [5, 5.41) is 8.43. The molecule has 0 saturated heterocycles. The Morgan fingerprint density at radius 2 is 2.00 bits per heavy atom. The first-order valence-corrected chi connectivity index (χ1v) is 4.50. The number of rotatable bonds is 2. The lowest BCUT2D eigenvalue weighted by Crippen LogP contribution is -2.12. The lowest BCUT2D eigenvalue weighted by molar-refractivity contribution is -0.141. The number of nitrogens with zero attached hydrogens (tertiary/aromatic N) is 2. The number of aromatic nitrogens is 1. The molecule has 0 aliphatic carbocycles. The van der Waals surface area contributed by atoms with Crippen molar-refractivity contribution in [3.63, 3.8) is 0 Å². The van der Waals surface area contributed by atoms with E-state index in [2.05, 4.69) is 4.98 Å². The monoisotopic (exact) mass is 250 g/mol. The highest BCUT2D eigenvalue weighted by Gasteiger charge is 2.34. The van der Waals surface area contributed by atoms with E-state index < -0.39 is 30.3 Å². The number of hydrogen-bond donors (Lipinski definition) is 0. The Balaban J connectivity index is 3.42. The summed E-state index contributed by atoms with van der Waals surface area (Å²) in [7, 11) is 0. The molecule has 2 nitrogen and oxygen atoms in total. The van der Waals surface area contributed by atoms with Gasteiger partial charge >= 0.3 is 6.18 Å². The number of halogens is 5. The number of aryl methyl sites for hydroxylation is 1. The molecule has 0 bridgehead atoms. The molecule has 0 unspecified atom stereocenters. The van der Waals surface area contributed by atoms with Crippen LogP contribution in [0.15, 0.2) is 6.07 Å². The first-order valence-electron chi connectivity index (χ1n) is 4.50. The summed E-state index contributed by atoms with van der Waals surface area (Å²) in [6.07, 6.45) is -8.24. The summed E-state index contributed by atoms with van der Waals surface area (Å²) in [6.45, 7) is 1.17. The van der Waals surface area contributed by atoms with Crippen LogP contribution in [-0.2, 0) is 12.6 Å². The zero-order valence-electron chi connectivity index (χ0n) is 8.65. The van der Waals surface area contributed by atoms with Crippen LogP contribution in [0.1, 0.15) is 28.9 Å². The minimum atomic E-state index is -4.78. The molecule has 7 heteroatoms. The zero-order chi connectivity index (χ0) is 13.2.